The number of rotatable bonds is 1. The summed E-state index contributed by atoms with van der Waals surface area (Å²) < 4.78 is 1.32. The molecule has 0 atom stereocenters. The van der Waals surface area contributed by atoms with Crippen LogP contribution in [-0.4, -0.2) is 9.78 Å². The minimum absolute atomic E-state index is 0.290. The van der Waals surface area contributed by atoms with E-state index in [1.807, 2.05) is 37.3 Å². The molecule has 4 nitrogen and oxygen atoms in total. The molecule has 0 unspecified atom stereocenters. The molecule has 0 aliphatic rings. The third kappa shape index (κ3) is 1.95. The Bertz CT molecular complexity index is 665. The second-order valence-corrected chi connectivity index (χ2v) is 3.79. The Morgan fingerprint density at radius 1 is 1.29 bits per heavy atom. The molecule has 0 spiro atoms. The molecule has 1 aromatic carbocycles. The van der Waals surface area contributed by atoms with Gasteiger partial charge in [-0.15, -0.1) is 0 Å². The summed E-state index contributed by atoms with van der Waals surface area (Å²) in [6.45, 7) is 3.63. The molecular weight excluding hydrogens is 214 g/mol. The van der Waals surface area contributed by atoms with E-state index >= 15 is 0 Å². The molecule has 0 saturated heterocycles. The number of para-hydroxylation sites is 1. The van der Waals surface area contributed by atoms with Gasteiger partial charge >= 0.3 is 0 Å². The summed E-state index contributed by atoms with van der Waals surface area (Å²) in [4.78, 5) is 11.9. The minimum Gasteiger partial charge on any atom is -0.267 e. The van der Waals surface area contributed by atoms with Gasteiger partial charge in [0.2, 0.25) is 0 Å². The number of nitriles is 1. The predicted octanol–water partition coefficient (Wildman–Crippen LogP) is 1.72. The Hall–Kier alpha value is -2.41. The van der Waals surface area contributed by atoms with Crippen molar-refractivity contribution < 1.29 is 0 Å². The first kappa shape index (κ1) is 11.1. The highest BCUT2D eigenvalue weighted by atomic mass is 16.1. The molecule has 17 heavy (non-hydrogen) atoms. The van der Waals surface area contributed by atoms with Crippen molar-refractivity contribution in [1.29, 1.82) is 5.26 Å². The number of hydrogen-bond acceptors (Lipinski definition) is 3. The first-order valence-corrected chi connectivity index (χ1v) is 5.20. The van der Waals surface area contributed by atoms with Gasteiger partial charge in [0, 0.05) is 6.07 Å². The molecule has 84 valence electrons. The zero-order chi connectivity index (χ0) is 12.4. The topological polar surface area (TPSA) is 58.7 Å². The standard InChI is InChI=1S/C13H11N3O/c1-9-5-3-4-6-12(9)16-13(17)7-11(8-14)10(2)15-16/h3-7H,1-2H3. The molecular formula is C13H11N3O. The maximum absolute atomic E-state index is 11.9. The fraction of sp³-hybridized carbons (Fsp3) is 0.154. The van der Waals surface area contributed by atoms with Crippen LogP contribution in [0.2, 0.25) is 0 Å². The van der Waals surface area contributed by atoms with Gasteiger partial charge < -0.3 is 0 Å². The second-order valence-electron chi connectivity index (χ2n) is 3.79. The van der Waals surface area contributed by atoms with Crippen LogP contribution in [0, 0.1) is 25.2 Å². The van der Waals surface area contributed by atoms with Crippen LogP contribution in [-0.2, 0) is 0 Å². The molecule has 2 rings (SSSR count). The molecule has 1 aromatic heterocycles. The van der Waals surface area contributed by atoms with Crippen molar-refractivity contribution in [2.24, 2.45) is 0 Å². The summed E-state index contributed by atoms with van der Waals surface area (Å²) in [6.07, 6.45) is 0. The molecule has 0 aliphatic carbocycles. The second kappa shape index (κ2) is 4.22. The quantitative estimate of drug-likeness (QED) is 0.742. The summed E-state index contributed by atoms with van der Waals surface area (Å²) in [6, 6.07) is 10.8. The van der Waals surface area contributed by atoms with E-state index in [2.05, 4.69) is 5.10 Å². The fourth-order valence-electron chi connectivity index (χ4n) is 1.63. The van der Waals surface area contributed by atoms with Gasteiger partial charge in [-0.05, 0) is 25.5 Å². The van der Waals surface area contributed by atoms with E-state index in [0.717, 1.165) is 11.3 Å². The SMILES string of the molecule is Cc1ccccc1-n1nc(C)c(C#N)cc1=O. The van der Waals surface area contributed by atoms with Crippen LogP contribution in [0.25, 0.3) is 5.69 Å². The smallest absolute Gasteiger partial charge is 0.267 e. The molecule has 0 saturated carbocycles. The summed E-state index contributed by atoms with van der Waals surface area (Å²) in [5.41, 5.74) is 2.29. The van der Waals surface area contributed by atoms with Crippen molar-refractivity contribution in [2.75, 3.05) is 0 Å². The maximum Gasteiger partial charge on any atom is 0.272 e. The van der Waals surface area contributed by atoms with E-state index in [4.69, 9.17) is 5.26 Å². The van der Waals surface area contributed by atoms with Gasteiger partial charge in [0.15, 0.2) is 0 Å². The lowest BCUT2D eigenvalue weighted by Gasteiger charge is -2.08. The average molecular weight is 225 g/mol. The van der Waals surface area contributed by atoms with E-state index in [-0.39, 0.29) is 5.56 Å². The molecule has 1 heterocycles. The zero-order valence-electron chi connectivity index (χ0n) is 9.64. The number of benzene rings is 1. The fourth-order valence-corrected chi connectivity index (χ4v) is 1.63. The number of aryl methyl sites for hydroxylation is 2. The van der Waals surface area contributed by atoms with Crippen LogP contribution in [0.15, 0.2) is 35.1 Å². The van der Waals surface area contributed by atoms with Gasteiger partial charge in [0.1, 0.15) is 6.07 Å². The Labute approximate surface area is 98.8 Å². The minimum atomic E-state index is -0.290. The van der Waals surface area contributed by atoms with Gasteiger partial charge in [-0.3, -0.25) is 4.79 Å². The highest BCUT2D eigenvalue weighted by Crippen LogP contribution is 2.10. The first-order valence-electron chi connectivity index (χ1n) is 5.20. The summed E-state index contributed by atoms with van der Waals surface area (Å²) >= 11 is 0. The van der Waals surface area contributed by atoms with Gasteiger partial charge in [0.25, 0.3) is 5.56 Å². The normalized spacial score (nSPS) is 9.94. The van der Waals surface area contributed by atoms with E-state index in [0.29, 0.717) is 11.3 Å². The summed E-state index contributed by atoms with van der Waals surface area (Å²) in [5.74, 6) is 0. The molecule has 0 aliphatic heterocycles. The average Bonchev–Trinajstić information content (AvgIpc) is 2.32. The largest absolute Gasteiger partial charge is 0.272 e. The van der Waals surface area contributed by atoms with E-state index in [9.17, 15) is 4.79 Å². The monoisotopic (exact) mass is 225 g/mol. The van der Waals surface area contributed by atoms with Crippen LogP contribution >= 0.6 is 0 Å². The summed E-state index contributed by atoms with van der Waals surface area (Å²) in [7, 11) is 0. The van der Waals surface area contributed by atoms with Crippen molar-refractivity contribution in [3.63, 3.8) is 0 Å². The third-order valence-corrected chi connectivity index (χ3v) is 2.58. The Morgan fingerprint density at radius 3 is 2.65 bits per heavy atom. The molecule has 0 fully saturated rings. The lowest BCUT2D eigenvalue weighted by molar-refractivity contribution is 0.777. The maximum atomic E-state index is 11.9. The van der Waals surface area contributed by atoms with E-state index < -0.39 is 0 Å². The van der Waals surface area contributed by atoms with Crippen LogP contribution in [0.5, 0.6) is 0 Å². The van der Waals surface area contributed by atoms with Crippen molar-refractivity contribution in [1.82, 2.24) is 9.78 Å². The summed E-state index contributed by atoms with van der Waals surface area (Å²) in [5, 5.41) is 13.0. The van der Waals surface area contributed by atoms with Crippen molar-refractivity contribution in [3.05, 3.63) is 57.5 Å². The van der Waals surface area contributed by atoms with Crippen LogP contribution < -0.4 is 5.56 Å². The third-order valence-electron chi connectivity index (χ3n) is 2.58. The molecule has 0 N–H and O–H groups in total. The van der Waals surface area contributed by atoms with Crippen molar-refractivity contribution in [3.8, 4) is 11.8 Å². The van der Waals surface area contributed by atoms with E-state index in [1.54, 1.807) is 6.92 Å². The van der Waals surface area contributed by atoms with Crippen LogP contribution in [0.4, 0.5) is 0 Å². The Balaban J connectivity index is 2.71. The molecule has 0 bridgehead atoms. The van der Waals surface area contributed by atoms with Gasteiger partial charge in [-0.25, -0.2) is 0 Å². The molecule has 4 heteroatoms. The molecule has 2 aromatic rings. The predicted molar refractivity (Wildman–Crippen MR) is 64.0 cm³/mol. The molecule has 0 amide bonds. The van der Waals surface area contributed by atoms with Crippen LogP contribution in [0.3, 0.4) is 0 Å². The Morgan fingerprint density at radius 2 is 2.00 bits per heavy atom. The number of nitrogens with zero attached hydrogens (tertiary/aromatic N) is 3. The lowest BCUT2D eigenvalue weighted by Crippen LogP contribution is -2.22. The lowest BCUT2D eigenvalue weighted by atomic mass is 10.2. The highest BCUT2D eigenvalue weighted by Gasteiger charge is 2.07. The highest BCUT2D eigenvalue weighted by molar-refractivity contribution is 5.40. The van der Waals surface area contributed by atoms with Gasteiger partial charge in [0.05, 0.1) is 16.9 Å². The van der Waals surface area contributed by atoms with Crippen molar-refractivity contribution in [2.45, 2.75) is 13.8 Å². The van der Waals surface area contributed by atoms with Gasteiger partial charge in [-0.2, -0.15) is 15.0 Å². The first-order chi connectivity index (χ1) is 8.13. The molecule has 0 radical (unpaired) electrons. The van der Waals surface area contributed by atoms with Gasteiger partial charge in [-0.1, -0.05) is 18.2 Å². The van der Waals surface area contributed by atoms with Crippen molar-refractivity contribution >= 4 is 0 Å². The van der Waals surface area contributed by atoms with E-state index in [1.165, 1.54) is 10.7 Å². The Kier molecular flexibility index (Phi) is 2.75. The van der Waals surface area contributed by atoms with Crippen LogP contribution in [0.1, 0.15) is 16.8 Å². The number of aromatic nitrogens is 2. The zero-order valence-corrected chi connectivity index (χ0v) is 9.64. The number of hydrogen-bond donors (Lipinski definition) is 0.